The molecule has 70 heavy (non-hydrogen) atoms. The summed E-state index contributed by atoms with van der Waals surface area (Å²) in [7, 11) is 1.48. The number of aliphatic hydroxyl groups excluding tert-OH is 1. The van der Waals surface area contributed by atoms with Gasteiger partial charge in [-0.2, -0.15) is 0 Å². The van der Waals surface area contributed by atoms with Crippen molar-refractivity contribution in [3.05, 3.63) is 161 Å². The van der Waals surface area contributed by atoms with Crippen molar-refractivity contribution in [3.8, 4) is 17.6 Å². The van der Waals surface area contributed by atoms with E-state index in [0.717, 1.165) is 41.7 Å². The first kappa shape index (κ1) is 46.4. The number of carbonyl (C=O) groups is 4. The summed E-state index contributed by atoms with van der Waals surface area (Å²) >= 11 is 0. The average molecular weight is 943 g/mol. The Morgan fingerprint density at radius 1 is 0.800 bits per heavy atom. The zero-order valence-electron chi connectivity index (χ0n) is 38.9. The first-order chi connectivity index (χ1) is 34.3. The Morgan fingerprint density at radius 3 is 2.26 bits per heavy atom. The highest BCUT2D eigenvalue weighted by Gasteiger charge is 2.76. The summed E-state index contributed by atoms with van der Waals surface area (Å²) in [4.78, 5) is 78.7. The lowest BCUT2D eigenvalue weighted by Gasteiger charge is -2.46. The first-order valence-electron chi connectivity index (χ1n) is 23.9. The third-order valence-corrected chi connectivity index (χ3v) is 14.0. The maximum atomic E-state index is 16.6. The van der Waals surface area contributed by atoms with Crippen molar-refractivity contribution >= 4 is 35.5 Å². The highest BCUT2D eigenvalue weighted by molar-refractivity contribution is 6.23. The molecule has 5 heterocycles. The number of hydrogen-bond donors (Lipinski definition) is 1. The van der Waals surface area contributed by atoms with E-state index in [-0.39, 0.29) is 45.2 Å². The van der Waals surface area contributed by atoms with Crippen LogP contribution in [0.3, 0.4) is 0 Å². The smallest absolute Gasteiger partial charge is 0.421 e. The number of fused-ring (bicyclic) bond motifs is 3. The third kappa shape index (κ3) is 8.46. The predicted octanol–water partition coefficient (Wildman–Crippen LogP) is 6.50. The van der Waals surface area contributed by atoms with Crippen LogP contribution in [0, 0.1) is 17.8 Å². The molecule has 3 fully saturated rings. The number of esters is 1. The Kier molecular flexibility index (Phi) is 13.4. The molecule has 358 valence electrons. The second-order valence-corrected chi connectivity index (χ2v) is 18.0. The fourth-order valence-corrected chi connectivity index (χ4v) is 11.0. The standard InChI is InChI=1S/C55H54N6O9/c1-67-33-34-69-54(66)60-44-24-23-38(22-21-37-13-5-2-6-14-37)35-43(44)55(52(60)65)45(50(63)58-27-29-59(30-28-58)53-56-25-12-26-57-53)47-51(64)70-48(40-17-9-4-10-18-40)46(39-15-7-3-8-16-39)61(47)49(55)41-19-11-20-42(36-41)68-32-31-62/h3-4,7-13,15-20,23-26,35-36,45-49,62H,2,5-6,14,27-34H2,1H3/t45-,46-,47-,48+,49+,55-/m0/s1. The number of benzene rings is 4. The number of rotatable bonds is 11. The molecule has 5 aliphatic rings. The van der Waals surface area contributed by atoms with Crippen LogP contribution in [0.2, 0.25) is 0 Å². The van der Waals surface area contributed by atoms with Gasteiger partial charge < -0.3 is 33.9 Å². The van der Waals surface area contributed by atoms with Crippen LogP contribution >= 0.6 is 0 Å². The maximum absolute atomic E-state index is 16.6. The molecule has 5 aromatic rings. The van der Waals surface area contributed by atoms with Gasteiger partial charge in [-0.3, -0.25) is 19.3 Å². The summed E-state index contributed by atoms with van der Waals surface area (Å²) in [6.07, 6.45) is 7.53. The highest BCUT2D eigenvalue weighted by atomic mass is 16.6. The molecule has 3 saturated heterocycles. The van der Waals surface area contributed by atoms with E-state index in [1.807, 2.05) is 82.6 Å². The molecule has 1 spiro atoms. The number of methoxy groups -OCH3 is 1. The van der Waals surface area contributed by atoms with E-state index in [4.69, 9.17) is 18.9 Å². The van der Waals surface area contributed by atoms with Crippen molar-refractivity contribution in [1.82, 2.24) is 19.8 Å². The van der Waals surface area contributed by atoms with E-state index in [0.29, 0.717) is 47.0 Å². The Balaban J connectivity index is 1.24. The van der Waals surface area contributed by atoms with Gasteiger partial charge >= 0.3 is 12.1 Å². The number of aliphatic hydroxyl groups is 1. The predicted molar refractivity (Wildman–Crippen MR) is 258 cm³/mol. The first-order valence-corrected chi connectivity index (χ1v) is 23.9. The number of piperazine rings is 1. The number of anilines is 2. The highest BCUT2D eigenvalue weighted by Crippen LogP contribution is 2.66. The number of carbonyl (C=O) groups excluding carboxylic acids is 4. The number of morpholine rings is 1. The maximum Gasteiger partial charge on any atom is 0.421 e. The van der Waals surface area contributed by atoms with Crippen molar-refractivity contribution in [3.63, 3.8) is 0 Å². The van der Waals surface area contributed by atoms with Gasteiger partial charge in [0, 0.05) is 51.2 Å². The fraction of sp³-hybridized carbons (Fsp3) is 0.345. The van der Waals surface area contributed by atoms with Crippen LogP contribution in [0.4, 0.5) is 16.4 Å². The van der Waals surface area contributed by atoms with Gasteiger partial charge in [0.1, 0.15) is 36.5 Å². The van der Waals surface area contributed by atoms with E-state index >= 15 is 14.4 Å². The molecule has 1 aliphatic carbocycles. The van der Waals surface area contributed by atoms with E-state index in [2.05, 4.69) is 27.9 Å². The molecule has 10 rings (SSSR count). The fourth-order valence-electron chi connectivity index (χ4n) is 11.0. The van der Waals surface area contributed by atoms with E-state index < -0.39 is 59.4 Å². The minimum atomic E-state index is -2.01. The van der Waals surface area contributed by atoms with Gasteiger partial charge in [0.05, 0.1) is 36.9 Å². The summed E-state index contributed by atoms with van der Waals surface area (Å²) in [6.45, 7) is 0.858. The number of aromatic nitrogens is 2. The molecule has 15 nitrogen and oxygen atoms in total. The largest absolute Gasteiger partial charge is 0.491 e. The van der Waals surface area contributed by atoms with Gasteiger partial charge in [0.25, 0.3) is 0 Å². The van der Waals surface area contributed by atoms with Gasteiger partial charge in [0.15, 0.2) is 0 Å². The van der Waals surface area contributed by atoms with Crippen molar-refractivity contribution < 1.29 is 43.2 Å². The van der Waals surface area contributed by atoms with Crippen LogP contribution in [0.25, 0.3) is 0 Å². The van der Waals surface area contributed by atoms with E-state index in [1.165, 1.54) is 7.11 Å². The van der Waals surface area contributed by atoms with Crippen LogP contribution in [0.15, 0.2) is 133 Å². The molecule has 0 saturated carbocycles. The van der Waals surface area contributed by atoms with Crippen LogP contribution in [-0.2, 0) is 34.0 Å². The Hall–Kier alpha value is -7.38. The number of amides is 3. The lowest BCUT2D eigenvalue weighted by Crippen LogP contribution is -2.59. The number of ether oxygens (including phenoxy) is 4. The Labute approximate surface area is 406 Å². The molecule has 0 bridgehead atoms. The summed E-state index contributed by atoms with van der Waals surface area (Å²) in [5, 5.41) is 9.86. The molecule has 4 aromatic carbocycles. The van der Waals surface area contributed by atoms with Crippen molar-refractivity contribution in [2.45, 2.75) is 55.3 Å². The second kappa shape index (κ2) is 20.3. The summed E-state index contributed by atoms with van der Waals surface area (Å²) in [5.74, 6) is 4.28. The van der Waals surface area contributed by atoms with Gasteiger partial charge in [-0.15, -0.1) is 0 Å². The SMILES string of the molecule is COCCOC(=O)N1C(=O)[C@@]2(c3cc(C#CC4=CCCCC4)ccc31)[C@H](C(=O)N1CCN(c3ncccn3)CC1)[C@H]1C(=O)O[C@H](c3ccccc3)[C@H](c3ccccc3)N1[C@@H]2c1cccc(OCCO)c1. The quantitative estimate of drug-likeness (QED) is 0.0869. The van der Waals surface area contributed by atoms with Crippen LogP contribution in [-0.4, -0.2) is 115 Å². The summed E-state index contributed by atoms with van der Waals surface area (Å²) in [6, 6.07) is 30.0. The molecule has 1 aromatic heterocycles. The average Bonchev–Trinajstić information content (AvgIpc) is 3.87. The monoisotopic (exact) mass is 942 g/mol. The Bertz CT molecular complexity index is 2830. The molecule has 6 atom stereocenters. The number of nitrogens with zero attached hydrogens (tertiary/aromatic N) is 6. The van der Waals surface area contributed by atoms with Gasteiger partial charge in [-0.05, 0) is 89.9 Å². The molecule has 4 aliphatic heterocycles. The van der Waals surface area contributed by atoms with Gasteiger partial charge in [-0.25, -0.2) is 19.7 Å². The lowest BCUT2D eigenvalue weighted by molar-refractivity contribution is -0.179. The topological polar surface area (TPSA) is 164 Å². The number of hydrogen-bond acceptors (Lipinski definition) is 13. The summed E-state index contributed by atoms with van der Waals surface area (Å²) < 4.78 is 23.7. The Morgan fingerprint density at radius 2 is 1.54 bits per heavy atom. The molecule has 0 radical (unpaired) electrons. The minimum Gasteiger partial charge on any atom is -0.491 e. The second-order valence-electron chi connectivity index (χ2n) is 18.0. The van der Waals surface area contributed by atoms with E-state index in [1.54, 1.807) is 53.7 Å². The van der Waals surface area contributed by atoms with Crippen molar-refractivity contribution in [2.24, 2.45) is 5.92 Å². The molecular formula is C55H54N6O9. The molecule has 1 N–H and O–H groups in total. The van der Waals surface area contributed by atoms with E-state index in [9.17, 15) is 9.90 Å². The van der Waals surface area contributed by atoms with Gasteiger partial charge in [0.2, 0.25) is 17.8 Å². The zero-order chi connectivity index (χ0) is 48.2. The third-order valence-electron chi connectivity index (χ3n) is 14.0. The molecular weight excluding hydrogens is 889 g/mol. The van der Waals surface area contributed by atoms with Crippen LogP contribution in [0.5, 0.6) is 5.75 Å². The van der Waals surface area contributed by atoms with Crippen molar-refractivity contribution in [2.75, 3.05) is 69.5 Å². The molecule has 3 amide bonds. The molecule has 15 heteroatoms. The zero-order valence-corrected chi connectivity index (χ0v) is 38.9. The lowest BCUT2D eigenvalue weighted by atomic mass is 9.64. The van der Waals surface area contributed by atoms with Gasteiger partial charge in [-0.1, -0.05) is 90.7 Å². The van der Waals surface area contributed by atoms with Crippen molar-refractivity contribution in [1.29, 1.82) is 0 Å². The number of allylic oxidation sites excluding steroid dienone is 2. The molecule has 0 unspecified atom stereocenters. The minimum absolute atomic E-state index is 0.0108. The number of cyclic esters (lactones) is 1. The normalized spacial score (nSPS) is 24.0. The van der Waals surface area contributed by atoms with Crippen LogP contribution < -0.4 is 14.5 Å². The van der Waals surface area contributed by atoms with Crippen LogP contribution in [0.1, 0.15) is 71.7 Å². The summed E-state index contributed by atoms with van der Waals surface area (Å²) in [5.41, 5.74) is 2.13. The number of imide groups is 1.